The van der Waals surface area contributed by atoms with Crippen LogP contribution in [0.1, 0.15) is 341 Å². The monoisotopic (exact) mass is 1990 g/mol. The van der Waals surface area contributed by atoms with Crippen LogP contribution in [0.25, 0.3) is 171 Å². The van der Waals surface area contributed by atoms with Crippen molar-refractivity contribution in [1.82, 2.24) is 22.8 Å². The fourth-order valence-corrected chi connectivity index (χ4v) is 21.6. The van der Waals surface area contributed by atoms with Gasteiger partial charge in [-0.05, 0) is 302 Å². The molecule has 0 radical (unpaired) electrons. The molecule has 5 heterocycles. The maximum atomic E-state index is 9.18. The Morgan fingerprint density at radius 1 is 0.233 bits per heavy atom. The van der Waals surface area contributed by atoms with Crippen LogP contribution >= 0.6 is 0 Å². The zero-order valence-corrected chi connectivity index (χ0v) is 97.3. The molecule has 0 unspecified atom stereocenters. The third-order valence-electron chi connectivity index (χ3n) is 30.2. The lowest BCUT2D eigenvalue weighted by Crippen LogP contribution is -2.17. The van der Waals surface area contributed by atoms with E-state index in [2.05, 4.69) is 475 Å². The predicted molar refractivity (Wildman–Crippen MR) is 663 cm³/mol. The Morgan fingerprint density at radius 2 is 0.520 bits per heavy atom. The minimum atomic E-state index is -0.396. The number of aryl methyl sites for hydroxylation is 3. The van der Waals surface area contributed by atoms with Gasteiger partial charge in [0.1, 0.15) is 0 Å². The molecule has 0 N–H and O–H groups in total. The van der Waals surface area contributed by atoms with Gasteiger partial charge >= 0.3 is 0 Å². The van der Waals surface area contributed by atoms with Crippen molar-refractivity contribution in [1.29, 1.82) is 0 Å². The van der Waals surface area contributed by atoms with Crippen LogP contribution in [0.2, 0.25) is 0 Å². The first kappa shape index (κ1) is 96.1. The highest BCUT2D eigenvalue weighted by molar-refractivity contribution is 6.22. The second kappa shape index (κ2) is 41.4. The summed E-state index contributed by atoms with van der Waals surface area (Å²) in [6.45, 7) is 84.7. The molecular formula is C145H169N5. The van der Waals surface area contributed by atoms with E-state index in [0.717, 1.165) is 99.6 Å². The molecule has 0 saturated carbocycles. The van der Waals surface area contributed by atoms with Crippen LogP contribution < -0.4 is 0 Å². The lowest BCUT2D eigenvalue weighted by molar-refractivity contribution is 0.567. The van der Waals surface area contributed by atoms with Gasteiger partial charge in [0.05, 0.1) is 74.6 Å². The molecule has 21 rings (SSSR count). The molecule has 5 heteroatoms. The van der Waals surface area contributed by atoms with Crippen molar-refractivity contribution in [2.75, 3.05) is 0 Å². The van der Waals surface area contributed by atoms with Gasteiger partial charge in [-0.2, -0.15) is 0 Å². The SMILES string of the molecule is CC.CC.CC.Cc1cccc2c1c1c(-c3cc(C(C)(C)C)cc(C(C)(C)C)c3)cccc1n2-c1cc(C(C)(C)C)cc(C(C)(C)C)c1.[2H]c1c([2H])c([2H])c(-c2cccc3c2c2c(C)c(-n4c5ccccc5c5ccccc54)ccc2n3-c2cc(C(C)(C)C)cc(C(C)(C)C)c2)c([2H])c1[2H].[2H]c1c([2H])c([2H])c(-c2cccc3c2c2c(CC)c(-n4c5ccc(C(C)C)cc5c5cc(C(C)(C)C)ccc54)ccc2n3-c2cc(C(C)(C)C)cc(C(C)(C)C)c2)c([2H])c1[2H]. The first-order valence-corrected chi connectivity index (χ1v) is 55.0. The molecule has 0 spiro atoms. The van der Waals surface area contributed by atoms with Gasteiger partial charge in [-0.3, -0.25) is 0 Å². The van der Waals surface area contributed by atoms with E-state index >= 15 is 0 Å². The summed E-state index contributed by atoms with van der Waals surface area (Å²) in [5.41, 5.74) is 36.8. The van der Waals surface area contributed by atoms with Crippen molar-refractivity contribution in [3.05, 3.63) is 388 Å². The smallest absolute Gasteiger partial charge is 0.0629 e. The maximum Gasteiger partial charge on any atom is 0.0629 e. The van der Waals surface area contributed by atoms with E-state index in [-0.39, 0.29) is 108 Å². The normalized spacial score (nSPS) is 13.5. The molecule has 5 nitrogen and oxygen atoms in total. The summed E-state index contributed by atoms with van der Waals surface area (Å²) in [6, 6.07) is 90.7. The van der Waals surface area contributed by atoms with Crippen LogP contribution in [-0.4, -0.2) is 22.8 Å². The van der Waals surface area contributed by atoms with Gasteiger partial charge in [0.15, 0.2) is 0 Å². The first-order valence-electron chi connectivity index (χ1n) is 60.0. The quantitative estimate of drug-likeness (QED) is 0.130. The van der Waals surface area contributed by atoms with E-state index in [4.69, 9.17) is 11.0 Å². The number of hydrogen-bond acceptors (Lipinski definition) is 0. The van der Waals surface area contributed by atoms with Crippen molar-refractivity contribution in [2.45, 2.75) is 324 Å². The van der Waals surface area contributed by atoms with Crippen LogP contribution in [0.15, 0.2) is 315 Å². The van der Waals surface area contributed by atoms with Gasteiger partial charge < -0.3 is 22.8 Å². The van der Waals surface area contributed by atoms with E-state index in [1.54, 1.807) is 0 Å². The first-order chi connectivity index (χ1) is 74.9. The molecule has 0 aliphatic rings. The van der Waals surface area contributed by atoms with Gasteiger partial charge in [0.2, 0.25) is 0 Å². The Labute approximate surface area is 913 Å². The average Bonchev–Trinajstić information content (AvgIpc) is 1.61. The minimum Gasteiger partial charge on any atom is -0.309 e. The lowest BCUT2D eigenvalue weighted by Gasteiger charge is -2.27. The molecular weight excluding hydrogens is 1810 g/mol. The average molecular weight is 1990 g/mol. The highest BCUT2D eigenvalue weighted by atomic mass is 15.0. The van der Waals surface area contributed by atoms with Gasteiger partial charge in [0.25, 0.3) is 0 Å². The van der Waals surface area contributed by atoms with Crippen molar-refractivity contribution < 1.29 is 13.7 Å². The van der Waals surface area contributed by atoms with Gasteiger partial charge in [0, 0.05) is 76.6 Å². The van der Waals surface area contributed by atoms with Crippen molar-refractivity contribution >= 4 is 109 Å². The van der Waals surface area contributed by atoms with Crippen LogP contribution in [0, 0.1) is 13.8 Å². The Bertz CT molecular complexity index is 9050. The number of aromatic nitrogens is 5. The topological polar surface area (TPSA) is 24.6 Å². The standard InChI is InChI=1S/C53H58N2.C45H42N2.C41H51N.3C2H6/c1-13-40-44(55-45-24-22-35(33(2)3)28-42(45)43-32-36(51(4,5)6)23-25-46(43)55)26-27-48-49(40)50-41(34-18-15-14-16-19-34)20-17-21-47(50)54(48)39-30-37(52(7,8)9)29-38(31-39)53(10,11)12;1-29-37(47-38-21-13-11-18-35(38)36-19-12-14-22-39(36)47)24-25-41-42(29)43-34(30-16-9-8-10-17-30)20-15-23-40(43)46(41)33-27-31(44(2,3)4)26-32(28-33)45(5,6)7;1-26-16-14-18-34-36(26)37-33(27-20-28(38(2,3)4)22-29(21-27)39(5,6)7)17-15-19-35(37)42(34)32-24-30(40(8,9)10)23-31(25-32)41(11,12)13;3*1-2/h14-33H,13H2,1-12H3;8-28H,1-7H3;14-25H,1-13H3;3*1-2H3/i14D,15D,16D,18D,19D;8D,9D,10D,16D,17D;;;;. The number of hydrogen-bond donors (Lipinski definition) is 0. The van der Waals surface area contributed by atoms with E-state index in [0.29, 0.717) is 23.5 Å². The molecule has 0 bridgehead atoms. The highest BCUT2D eigenvalue weighted by Crippen LogP contribution is 2.51. The molecule has 0 aliphatic heterocycles. The molecule has 774 valence electrons. The van der Waals surface area contributed by atoms with E-state index in [1.807, 2.05) is 65.8 Å². The molecule has 150 heavy (non-hydrogen) atoms. The van der Waals surface area contributed by atoms with Gasteiger partial charge in [-0.1, -0.05) is 443 Å². The third kappa shape index (κ3) is 20.7. The maximum absolute atomic E-state index is 9.18. The van der Waals surface area contributed by atoms with E-state index in [9.17, 15) is 2.74 Å². The molecule has 16 aromatic carbocycles. The van der Waals surface area contributed by atoms with Crippen LogP contribution in [0.4, 0.5) is 0 Å². The Morgan fingerprint density at radius 3 is 0.893 bits per heavy atom. The fourth-order valence-electron chi connectivity index (χ4n) is 21.6. The fraction of sp³-hybridized carbons (Fsp3) is 0.338. The second-order valence-electron chi connectivity index (χ2n) is 50.2. The van der Waals surface area contributed by atoms with Crippen LogP contribution in [0.5, 0.6) is 0 Å². The molecule has 0 fully saturated rings. The summed E-state index contributed by atoms with van der Waals surface area (Å²) in [5, 5.41) is 11.2. The number of para-hydroxylation sites is 2. The van der Waals surface area contributed by atoms with E-state index in [1.165, 1.54) is 121 Å². The highest BCUT2D eigenvalue weighted by Gasteiger charge is 2.33. The summed E-state index contributed by atoms with van der Waals surface area (Å²) >= 11 is 0. The van der Waals surface area contributed by atoms with Crippen LogP contribution in [0.3, 0.4) is 0 Å². The third-order valence-corrected chi connectivity index (χ3v) is 30.2. The molecule has 0 atom stereocenters. The Kier molecular flexibility index (Phi) is 26.5. The molecule has 0 amide bonds. The summed E-state index contributed by atoms with van der Waals surface area (Å²) in [6.07, 6.45) is 0.696. The second-order valence-corrected chi connectivity index (χ2v) is 50.2. The lowest BCUT2D eigenvalue weighted by atomic mass is 9.78. The van der Waals surface area contributed by atoms with Gasteiger partial charge in [-0.15, -0.1) is 0 Å². The predicted octanol–water partition coefficient (Wildman–Crippen LogP) is 42.6. The number of rotatable bonds is 10. The van der Waals surface area contributed by atoms with Crippen molar-refractivity contribution in [3.63, 3.8) is 0 Å². The molecule has 0 aliphatic carbocycles. The number of nitrogens with zero attached hydrogens (tertiary/aromatic N) is 5. The van der Waals surface area contributed by atoms with Crippen molar-refractivity contribution in [3.8, 4) is 61.8 Å². The molecule has 21 aromatic rings. The molecule has 0 saturated heterocycles. The van der Waals surface area contributed by atoms with Crippen LogP contribution in [-0.2, 0) is 55.2 Å². The molecule has 5 aromatic heterocycles. The van der Waals surface area contributed by atoms with E-state index < -0.39 is 12.1 Å². The summed E-state index contributed by atoms with van der Waals surface area (Å²) < 4.78 is 99.6. The zero-order valence-electron chi connectivity index (χ0n) is 107. The van der Waals surface area contributed by atoms with Gasteiger partial charge in [-0.25, -0.2) is 0 Å². The summed E-state index contributed by atoms with van der Waals surface area (Å²) in [7, 11) is 0. The summed E-state index contributed by atoms with van der Waals surface area (Å²) in [5.74, 6) is 0.378. The minimum absolute atomic E-state index is 0.0233. The number of fused-ring (bicyclic) bond motifs is 15. The largest absolute Gasteiger partial charge is 0.309 e. The zero-order chi connectivity index (χ0) is 118. The Balaban J connectivity index is 0.000000167. The van der Waals surface area contributed by atoms with Crippen molar-refractivity contribution in [2.24, 2.45) is 0 Å². The Hall–Kier alpha value is -13.5. The number of benzene rings is 16. The summed E-state index contributed by atoms with van der Waals surface area (Å²) in [4.78, 5) is 0.